The molecule has 0 aliphatic rings. The summed E-state index contributed by atoms with van der Waals surface area (Å²) < 4.78 is 4.97. The molecule has 0 saturated carbocycles. The molecule has 0 atom stereocenters. The van der Waals surface area contributed by atoms with E-state index in [2.05, 4.69) is 0 Å². The van der Waals surface area contributed by atoms with E-state index in [1.807, 2.05) is 20.8 Å². The maximum absolute atomic E-state index is 11.5. The molecule has 0 amide bonds. The molecular formula is C11H20O5. The Balaban J connectivity index is 4.61. The summed E-state index contributed by atoms with van der Waals surface area (Å²) in [6, 6.07) is 0. The molecule has 0 aliphatic carbocycles. The SMILES string of the molecule is CC(C)(C)COC(=O)C(CO)=C(CO)CO. The van der Waals surface area contributed by atoms with Gasteiger partial charge in [-0.25, -0.2) is 4.79 Å². The second kappa shape index (κ2) is 6.62. The Morgan fingerprint density at radius 2 is 1.56 bits per heavy atom. The topological polar surface area (TPSA) is 87.0 Å². The number of aliphatic hydroxyl groups is 3. The van der Waals surface area contributed by atoms with Crippen molar-refractivity contribution in [1.82, 2.24) is 0 Å². The zero-order valence-corrected chi connectivity index (χ0v) is 9.99. The van der Waals surface area contributed by atoms with Gasteiger partial charge in [-0.05, 0) is 11.0 Å². The van der Waals surface area contributed by atoms with Crippen molar-refractivity contribution >= 4 is 5.97 Å². The van der Waals surface area contributed by atoms with E-state index in [4.69, 9.17) is 20.1 Å². The van der Waals surface area contributed by atoms with Gasteiger partial charge in [0.2, 0.25) is 0 Å². The lowest BCUT2D eigenvalue weighted by Gasteiger charge is -2.18. The third-order valence-electron chi connectivity index (χ3n) is 1.85. The minimum atomic E-state index is -0.699. The standard InChI is InChI=1S/C11H20O5/c1-11(2,3)7-16-10(15)9(6-14)8(4-12)5-13/h12-14H,4-7H2,1-3H3. The van der Waals surface area contributed by atoms with Crippen molar-refractivity contribution in [1.29, 1.82) is 0 Å². The van der Waals surface area contributed by atoms with Gasteiger partial charge in [0.05, 0.1) is 32.0 Å². The lowest BCUT2D eigenvalue weighted by Crippen LogP contribution is -2.22. The van der Waals surface area contributed by atoms with Gasteiger partial charge in [-0.3, -0.25) is 0 Å². The molecule has 0 aromatic carbocycles. The largest absolute Gasteiger partial charge is 0.462 e. The summed E-state index contributed by atoms with van der Waals surface area (Å²) in [4.78, 5) is 11.5. The van der Waals surface area contributed by atoms with Crippen LogP contribution in [0.4, 0.5) is 0 Å². The maximum Gasteiger partial charge on any atom is 0.336 e. The van der Waals surface area contributed by atoms with Crippen molar-refractivity contribution in [3.63, 3.8) is 0 Å². The van der Waals surface area contributed by atoms with Crippen LogP contribution >= 0.6 is 0 Å². The van der Waals surface area contributed by atoms with Crippen LogP contribution in [0, 0.1) is 5.41 Å². The van der Waals surface area contributed by atoms with Crippen LogP contribution < -0.4 is 0 Å². The first-order valence-electron chi connectivity index (χ1n) is 5.06. The molecule has 0 aromatic rings. The van der Waals surface area contributed by atoms with Crippen LogP contribution in [0.15, 0.2) is 11.1 Å². The molecule has 94 valence electrons. The van der Waals surface area contributed by atoms with E-state index in [-0.39, 0.29) is 23.2 Å². The highest BCUT2D eigenvalue weighted by molar-refractivity contribution is 5.89. The molecule has 0 fully saturated rings. The molecule has 0 aliphatic heterocycles. The average Bonchev–Trinajstić information content (AvgIpc) is 2.21. The number of esters is 1. The van der Waals surface area contributed by atoms with E-state index in [9.17, 15) is 4.79 Å². The summed E-state index contributed by atoms with van der Waals surface area (Å²) in [6.45, 7) is 4.41. The fraction of sp³-hybridized carbons (Fsp3) is 0.727. The highest BCUT2D eigenvalue weighted by atomic mass is 16.5. The summed E-state index contributed by atoms with van der Waals surface area (Å²) in [5.41, 5.74) is -0.162. The summed E-state index contributed by atoms with van der Waals surface area (Å²) in [6.07, 6.45) is 0. The van der Waals surface area contributed by atoms with Crippen molar-refractivity contribution in [2.24, 2.45) is 5.41 Å². The minimum absolute atomic E-state index is 0.0748. The Morgan fingerprint density at radius 1 is 1.06 bits per heavy atom. The zero-order valence-electron chi connectivity index (χ0n) is 9.99. The highest BCUT2D eigenvalue weighted by Gasteiger charge is 2.18. The number of ether oxygens (including phenoxy) is 1. The van der Waals surface area contributed by atoms with Crippen LogP contribution in [0.5, 0.6) is 0 Å². The molecule has 5 heteroatoms. The first kappa shape index (κ1) is 15.1. The van der Waals surface area contributed by atoms with Crippen molar-refractivity contribution < 1.29 is 24.9 Å². The van der Waals surface area contributed by atoms with Crippen molar-refractivity contribution in [3.8, 4) is 0 Å². The van der Waals surface area contributed by atoms with Gasteiger partial charge in [-0.2, -0.15) is 0 Å². The van der Waals surface area contributed by atoms with E-state index in [0.29, 0.717) is 0 Å². The van der Waals surface area contributed by atoms with E-state index in [0.717, 1.165) is 0 Å². The van der Waals surface area contributed by atoms with Gasteiger partial charge >= 0.3 is 5.97 Å². The number of carbonyl (C=O) groups is 1. The smallest absolute Gasteiger partial charge is 0.336 e. The predicted octanol–water partition coefficient (Wildman–Crippen LogP) is -0.151. The second-order valence-corrected chi connectivity index (χ2v) is 4.69. The van der Waals surface area contributed by atoms with Gasteiger partial charge in [0.1, 0.15) is 0 Å². The normalized spacial score (nSPS) is 11.1. The molecule has 3 N–H and O–H groups in total. The lowest BCUT2D eigenvalue weighted by atomic mass is 9.98. The quantitative estimate of drug-likeness (QED) is 0.453. The fourth-order valence-electron chi connectivity index (χ4n) is 0.931. The molecule has 0 unspecified atom stereocenters. The fourth-order valence-corrected chi connectivity index (χ4v) is 0.931. The van der Waals surface area contributed by atoms with Gasteiger partial charge in [-0.15, -0.1) is 0 Å². The summed E-state index contributed by atoms with van der Waals surface area (Å²) in [7, 11) is 0. The number of rotatable bonds is 5. The van der Waals surface area contributed by atoms with E-state index in [1.54, 1.807) is 0 Å². The average molecular weight is 232 g/mol. The molecule has 5 nitrogen and oxygen atoms in total. The molecule has 0 rings (SSSR count). The van der Waals surface area contributed by atoms with Crippen molar-refractivity contribution in [2.45, 2.75) is 20.8 Å². The van der Waals surface area contributed by atoms with Crippen LogP contribution in [0.25, 0.3) is 0 Å². The Bertz CT molecular complexity index is 256. The Kier molecular flexibility index (Phi) is 6.25. The predicted molar refractivity (Wildman–Crippen MR) is 58.7 cm³/mol. The molecule has 0 radical (unpaired) electrons. The molecule has 16 heavy (non-hydrogen) atoms. The zero-order chi connectivity index (χ0) is 12.8. The second-order valence-electron chi connectivity index (χ2n) is 4.69. The molecule has 0 saturated heterocycles. The van der Waals surface area contributed by atoms with E-state index >= 15 is 0 Å². The van der Waals surface area contributed by atoms with Gasteiger partial charge in [-0.1, -0.05) is 20.8 Å². The van der Waals surface area contributed by atoms with Crippen LogP contribution in [0.2, 0.25) is 0 Å². The Hall–Kier alpha value is -0.910. The van der Waals surface area contributed by atoms with Gasteiger partial charge in [0.25, 0.3) is 0 Å². The van der Waals surface area contributed by atoms with Gasteiger partial charge in [0.15, 0.2) is 0 Å². The monoisotopic (exact) mass is 232 g/mol. The summed E-state index contributed by atoms with van der Waals surface area (Å²) in [5, 5.41) is 26.7. The summed E-state index contributed by atoms with van der Waals surface area (Å²) in [5.74, 6) is -0.699. The molecule has 0 spiro atoms. The van der Waals surface area contributed by atoms with Crippen molar-refractivity contribution in [3.05, 3.63) is 11.1 Å². The van der Waals surface area contributed by atoms with Crippen LogP contribution in [0.1, 0.15) is 20.8 Å². The van der Waals surface area contributed by atoms with Crippen LogP contribution in [0.3, 0.4) is 0 Å². The maximum atomic E-state index is 11.5. The van der Waals surface area contributed by atoms with E-state index in [1.165, 1.54) is 0 Å². The minimum Gasteiger partial charge on any atom is -0.462 e. The highest BCUT2D eigenvalue weighted by Crippen LogP contribution is 2.15. The first-order valence-corrected chi connectivity index (χ1v) is 5.06. The van der Waals surface area contributed by atoms with Crippen LogP contribution in [-0.2, 0) is 9.53 Å². The summed E-state index contributed by atoms with van der Waals surface area (Å²) >= 11 is 0. The molecule has 0 aromatic heterocycles. The Morgan fingerprint density at radius 3 is 1.88 bits per heavy atom. The number of carbonyl (C=O) groups excluding carboxylic acids is 1. The van der Waals surface area contributed by atoms with Gasteiger partial charge in [0, 0.05) is 0 Å². The molecule has 0 bridgehead atoms. The molecular weight excluding hydrogens is 212 g/mol. The Labute approximate surface area is 95.4 Å². The number of hydrogen-bond acceptors (Lipinski definition) is 5. The van der Waals surface area contributed by atoms with E-state index < -0.39 is 25.8 Å². The third-order valence-corrected chi connectivity index (χ3v) is 1.85. The lowest BCUT2D eigenvalue weighted by molar-refractivity contribution is -0.142. The van der Waals surface area contributed by atoms with Crippen LogP contribution in [-0.4, -0.2) is 47.7 Å². The number of aliphatic hydroxyl groups excluding tert-OH is 3. The van der Waals surface area contributed by atoms with Gasteiger partial charge < -0.3 is 20.1 Å². The first-order chi connectivity index (χ1) is 7.35. The van der Waals surface area contributed by atoms with Crippen molar-refractivity contribution in [2.75, 3.05) is 26.4 Å². The molecule has 0 heterocycles. The number of hydrogen-bond donors (Lipinski definition) is 3. The third kappa shape index (κ3) is 5.25.